The van der Waals surface area contributed by atoms with Crippen molar-refractivity contribution < 1.29 is 28.4 Å². The van der Waals surface area contributed by atoms with Crippen LogP contribution in [0.5, 0.6) is 11.5 Å². The van der Waals surface area contributed by atoms with Crippen LogP contribution in [0, 0.1) is 22.9 Å². The molecule has 6 nitrogen and oxygen atoms in total. The molecule has 0 aliphatic carbocycles. The minimum atomic E-state index is -1.36. The lowest BCUT2D eigenvalue weighted by Gasteiger charge is -2.09. The summed E-state index contributed by atoms with van der Waals surface area (Å²) < 4.78 is 33.6. The van der Waals surface area contributed by atoms with Gasteiger partial charge in [0, 0.05) is 11.1 Å². The van der Waals surface area contributed by atoms with Crippen molar-refractivity contribution in [2.75, 3.05) is 66.1 Å². The monoisotopic (exact) mass is 582 g/mol. The van der Waals surface area contributed by atoms with Gasteiger partial charge in [-0.2, -0.15) is 0 Å². The summed E-state index contributed by atoms with van der Waals surface area (Å²) in [5.74, 6) is 8.12. The minimum absolute atomic E-state index is 0.494. The van der Waals surface area contributed by atoms with Gasteiger partial charge in [0.2, 0.25) is 0 Å². The summed E-state index contributed by atoms with van der Waals surface area (Å²) >= 11 is 0. The van der Waals surface area contributed by atoms with Crippen molar-refractivity contribution in [1.29, 1.82) is 0 Å². The summed E-state index contributed by atoms with van der Waals surface area (Å²) in [5.41, 5.74) is 8.77. The first-order chi connectivity index (χ1) is 19.1. The molecule has 0 heterocycles. The van der Waals surface area contributed by atoms with Gasteiger partial charge in [0.15, 0.2) is 0 Å². The smallest absolute Gasteiger partial charge is 0.129 e. The van der Waals surface area contributed by atoms with Crippen LogP contribution < -0.4 is 9.47 Å². The van der Waals surface area contributed by atoms with Gasteiger partial charge < -0.3 is 28.4 Å². The molecule has 0 aliphatic heterocycles. The second-order valence-electron chi connectivity index (χ2n) is 11.2. The molecule has 0 bridgehead atoms. The van der Waals surface area contributed by atoms with Crippen molar-refractivity contribution in [2.24, 2.45) is 0 Å². The van der Waals surface area contributed by atoms with Crippen molar-refractivity contribution in [2.45, 2.75) is 39.3 Å². The Balaban J connectivity index is 1.36. The molecule has 218 valence electrons. The lowest BCUT2D eigenvalue weighted by molar-refractivity contribution is -0.00699. The molecule has 8 heteroatoms. The third-order valence-corrected chi connectivity index (χ3v) is 6.73. The zero-order valence-electron chi connectivity index (χ0n) is 25.1. The molecule has 0 atom stereocenters. The van der Waals surface area contributed by atoms with Gasteiger partial charge in [-0.1, -0.05) is 51.1 Å². The number of ether oxygens (including phenoxy) is 6. The van der Waals surface area contributed by atoms with Crippen molar-refractivity contribution in [3.63, 3.8) is 0 Å². The molecule has 0 unspecified atom stereocenters. The highest BCUT2D eigenvalue weighted by Gasteiger charge is 2.08. The van der Waals surface area contributed by atoms with E-state index in [9.17, 15) is 0 Å². The number of benzene rings is 2. The maximum absolute atomic E-state index is 5.71. The van der Waals surface area contributed by atoms with Gasteiger partial charge in [0.05, 0.1) is 52.9 Å². The Kier molecular flexibility index (Phi) is 15.7. The van der Waals surface area contributed by atoms with Gasteiger partial charge in [-0.3, -0.25) is 0 Å². The third-order valence-electron chi connectivity index (χ3n) is 4.98. The maximum atomic E-state index is 5.71. The molecule has 0 spiro atoms. The van der Waals surface area contributed by atoms with E-state index in [1.807, 2.05) is 48.5 Å². The quantitative estimate of drug-likeness (QED) is 0.136. The number of hydrogen-bond acceptors (Lipinski definition) is 6. The Morgan fingerprint density at radius 2 is 0.700 bits per heavy atom. The summed E-state index contributed by atoms with van der Waals surface area (Å²) in [4.78, 5) is 0. The van der Waals surface area contributed by atoms with E-state index in [1.165, 1.54) is 0 Å². The number of rotatable bonds is 17. The molecule has 2 aromatic rings. The average Bonchev–Trinajstić information content (AvgIpc) is 2.91. The van der Waals surface area contributed by atoms with Gasteiger partial charge in [-0.25, -0.2) is 0 Å². The third kappa shape index (κ3) is 17.9. The maximum Gasteiger partial charge on any atom is 0.129 e. The topological polar surface area (TPSA) is 55.4 Å². The zero-order valence-corrected chi connectivity index (χ0v) is 27.1. The normalized spacial score (nSPS) is 11.2. The summed E-state index contributed by atoms with van der Waals surface area (Å²) in [5, 5.41) is 0. The fourth-order valence-electron chi connectivity index (χ4n) is 2.99. The molecule has 40 heavy (non-hydrogen) atoms. The van der Waals surface area contributed by atoms with E-state index in [4.69, 9.17) is 28.4 Å². The van der Waals surface area contributed by atoms with E-state index in [1.54, 1.807) is 0 Å². The van der Waals surface area contributed by atoms with Crippen LogP contribution in [0.1, 0.15) is 11.1 Å². The van der Waals surface area contributed by atoms with Crippen LogP contribution in [0.15, 0.2) is 48.5 Å². The number of hydrogen-bond donors (Lipinski definition) is 0. The predicted molar refractivity (Wildman–Crippen MR) is 168 cm³/mol. The molecule has 0 fully saturated rings. The van der Waals surface area contributed by atoms with Crippen LogP contribution in [0.4, 0.5) is 0 Å². The molecule has 2 aromatic carbocycles. The SMILES string of the molecule is C[Si](C)(C)C#Cc1ccc(OCCOCCOCCOCCOCCOc2ccc(C#C[Si](C)(C)C)cc2)cc1. The molecule has 0 saturated carbocycles. The summed E-state index contributed by atoms with van der Waals surface area (Å²) in [6.45, 7) is 18.6. The van der Waals surface area contributed by atoms with Gasteiger partial charge in [0.1, 0.15) is 40.9 Å². The average molecular weight is 583 g/mol. The highest BCUT2D eigenvalue weighted by molar-refractivity contribution is 6.84. The summed E-state index contributed by atoms with van der Waals surface area (Å²) in [7, 11) is -2.72. The van der Waals surface area contributed by atoms with E-state index < -0.39 is 16.1 Å². The van der Waals surface area contributed by atoms with Crippen LogP contribution in [-0.4, -0.2) is 82.2 Å². The molecular formula is C32H46O6Si2. The van der Waals surface area contributed by atoms with Gasteiger partial charge >= 0.3 is 0 Å². The highest BCUT2D eigenvalue weighted by Crippen LogP contribution is 2.13. The Labute approximate surface area is 243 Å². The summed E-state index contributed by atoms with van der Waals surface area (Å²) in [6, 6.07) is 15.8. The largest absolute Gasteiger partial charge is 0.491 e. The molecule has 0 aliphatic rings. The second kappa shape index (κ2) is 18.7. The van der Waals surface area contributed by atoms with Crippen LogP contribution >= 0.6 is 0 Å². The van der Waals surface area contributed by atoms with Crippen molar-refractivity contribution in [3.05, 3.63) is 59.7 Å². The van der Waals surface area contributed by atoms with Crippen LogP contribution in [0.2, 0.25) is 39.3 Å². The summed E-state index contributed by atoms with van der Waals surface area (Å²) in [6.07, 6.45) is 0. The molecule has 0 saturated heterocycles. The molecule has 0 aromatic heterocycles. The fourth-order valence-corrected chi connectivity index (χ4v) is 4.03. The lowest BCUT2D eigenvalue weighted by Crippen LogP contribution is -2.16. The molecule has 0 amide bonds. The fraction of sp³-hybridized carbons (Fsp3) is 0.500. The van der Waals surface area contributed by atoms with E-state index >= 15 is 0 Å². The minimum Gasteiger partial charge on any atom is -0.491 e. The molecule has 0 N–H and O–H groups in total. The van der Waals surface area contributed by atoms with Crippen LogP contribution in [-0.2, 0) is 18.9 Å². The van der Waals surface area contributed by atoms with Crippen LogP contribution in [0.3, 0.4) is 0 Å². The highest BCUT2D eigenvalue weighted by atomic mass is 28.3. The van der Waals surface area contributed by atoms with E-state index in [0.29, 0.717) is 66.1 Å². The Morgan fingerprint density at radius 3 is 0.975 bits per heavy atom. The Bertz CT molecular complexity index is 992. The van der Waals surface area contributed by atoms with Gasteiger partial charge in [0.25, 0.3) is 0 Å². The van der Waals surface area contributed by atoms with Gasteiger partial charge in [-0.15, -0.1) is 11.1 Å². The molecule has 2 rings (SSSR count). The Hall–Kier alpha value is -2.57. The first kappa shape index (κ1) is 33.6. The van der Waals surface area contributed by atoms with E-state index in [-0.39, 0.29) is 0 Å². The predicted octanol–water partition coefficient (Wildman–Crippen LogP) is 5.67. The van der Waals surface area contributed by atoms with Crippen molar-refractivity contribution in [3.8, 4) is 34.4 Å². The Morgan fingerprint density at radius 1 is 0.425 bits per heavy atom. The van der Waals surface area contributed by atoms with E-state index in [0.717, 1.165) is 22.6 Å². The standard InChI is InChI=1S/C32H46O6Si2/c1-39(2,3)27-15-29-7-11-31(12-8-29)37-25-23-35-21-19-33-17-18-34-20-22-36-24-26-38-32-13-9-30(10-14-32)16-28-40(4,5)6/h7-14H,17-26H2,1-6H3. The van der Waals surface area contributed by atoms with E-state index in [2.05, 4.69) is 62.2 Å². The van der Waals surface area contributed by atoms with Crippen molar-refractivity contribution in [1.82, 2.24) is 0 Å². The zero-order chi connectivity index (χ0) is 29.1. The second-order valence-corrected chi connectivity index (χ2v) is 20.7. The molecular weight excluding hydrogens is 537 g/mol. The first-order valence-corrected chi connectivity index (χ1v) is 20.9. The van der Waals surface area contributed by atoms with Crippen molar-refractivity contribution >= 4 is 16.1 Å². The lowest BCUT2D eigenvalue weighted by atomic mass is 10.2. The first-order valence-electron chi connectivity index (χ1n) is 13.9. The van der Waals surface area contributed by atoms with Crippen LogP contribution in [0.25, 0.3) is 0 Å². The molecule has 0 radical (unpaired) electrons. The van der Waals surface area contributed by atoms with Gasteiger partial charge in [-0.05, 0) is 48.5 Å².